The summed E-state index contributed by atoms with van der Waals surface area (Å²) >= 11 is 0. The molecule has 3 atom stereocenters. The first kappa shape index (κ1) is 24.0. The molecule has 8 nitrogen and oxygen atoms in total. The standard InChI is InChI=1S/C25H26O8/c1-30-21(26)18(22(27)31-2)20-17(15-11-7-5-8-12-15)19(16-13-9-6-10-14-16)25(20,23(28)32-3)24(29)33-4/h5-14,17-20H,1-4H3. The molecule has 0 radical (unpaired) electrons. The summed E-state index contributed by atoms with van der Waals surface area (Å²) in [4.78, 5) is 52.5. The van der Waals surface area contributed by atoms with Gasteiger partial charge in [0.2, 0.25) is 0 Å². The summed E-state index contributed by atoms with van der Waals surface area (Å²) < 4.78 is 19.9. The van der Waals surface area contributed by atoms with Crippen molar-refractivity contribution in [3.63, 3.8) is 0 Å². The Morgan fingerprint density at radius 1 is 0.667 bits per heavy atom. The van der Waals surface area contributed by atoms with Gasteiger partial charge >= 0.3 is 23.9 Å². The Bertz CT molecular complexity index is 985. The van der Waals surface area contributed by atoms with Crippen LogP contribution < -0.4 is 0 Å². The third-order valence-electron chi connectivity index (χ3n) is 6.42. The van der Waals surface area contributed by atoms with Crippen LogP contribution >= 0.6 is 0 Å². The van der Waals surface area contributed by atoms with E-state index < -0.39 is 53.0 Å². The zero-order chi connectivity index (χ0) is 24.2. The molecule has 0 aromatic heterocycles. The van der Waals surface area contributed by atoms with Crippen molar-refractivity contribution >= 4 is 23.9 Å². The minimum absolute atomic E-state index is 0.602. The molecule has 2 aromatic rings. The molecule has 0 N–H and O–H groups in total. The molecule has 1 fully saturated rings. The van der Waals surface area contributed by atoms with Gasteiger partial charge < -0.3 is 18.9 Å². The molecule has 0 spiro atoms. The molecule has 0 saturated heterocycles. The highest BCUT2D eigenvalue weighted by atomic mass is 16.6. The van der Waals surface area contributed by atoms with E-state index in [1.54, 1.807) is 42.5 Å². The molecule has 174 valence electrons. The Labute approximate surface area is 191 Å². The number of benzene rings is 2. The summed E-state index contributed by atoms with van der Waals surface area (Å²) in [6.45, 7) is 0. The van der Waals surface area contributed by atoms with Gasteiger partial charge in [-0.05, 0) is 17.0 Å². The molecule has 1 aliphatic carbocycles. The van der Waals surface area contributed by atoms with Gasteiger partial charge in [0.05, 0.1) is 28.4 Å². The van der Waals surface area contributed by atoms with E-state index in [1.807, 2.05) is 18.2 Å². The van der Waals surface area contributed by atoms with Crippen molar-refractivity contribution in [2.45, 2.75) is 11.8 Å². The maximum atomic E-state index is 13.4. The van der Waals surface area contributed by atoms with Crippen molar-refractivity contribution < 1.29 is 38.1 Å². The Morgan fingerprint density at radius 2 is 1.09 bits per heavy atom. The van der Waals surface area contributed by atoms with E-state index in [1.165, 1.54) is 0 Å². The summed E-state index contributed by atoms with van der Waals surface area (Å²) in [6.07, 6.45) is 0. The molecule has 3 rings (SSSR count). The molecular formula is C25H26O8. The predicted molar refractivity (Wildman–Crippen MR) is 116 cm³/mol. The van der Waals surface area contributed by atoms with Gasteiger partial charge in [-0.3, -0.25) is 19.2 Å². The molecule has 0 bridgehead atoms. The lowest BCUT2D eigenvalue weighted by molar-refractivity contribution is -0.200. The van der Waals surface area contributed by atoms with E-state index in [9.17, 15) is 19.2 Å². The van der Waals surface area contributed by atoms with Crippen molar-refractivity contribution in [2.75, 3.05) is 28.4 Å². The highest BCUT2D eigenvalue weighted by Crippen LogP contribution is 2.68. The average molecular weight is 454 g/mol. The molecule has 1 saturated carbocycles. The minimum atomic E-state index is -1.99. The largest absolute Gasteiger partial charge is 0.468 e. The first-order chi connectivity index (χ1) is 15.9. The zero-order valence-corrected chi connectivity index (χ0v) is 18.8. The van der Waals surface area contributed by atoms with Crippen LogP contribution in [-0.2, 0) is 38.1 Å². The van der Waals surface area contributed by atoms with Crippen LogP contribution in [0.15, 0.2) is 60.7 Å². The highest BCUT2D eigenvalue weighted by Gasteiger charge is 2.76. The lowest BCUT2D eigenvalue weighted by Crippen LogP contribution is -2.67. The van der Waals surface area contributed by atoms with E-state index >= 15 is 0 Å². The van der Waals surface area contributed by atoms with Gasteiger partial charge in [0, 0.05) is 11.8 Å². The van der Waals surface area contributed by atoms with Gasteiger partial charge in [-0.1, -0.05) is 60.7 Å². The lowest BCUT2D eigenvalue weighted by atomic mass is 9.40. The van der Waals surface area contributed by atoms with Crippen LogP contribution in [-0.4, -0.2) is 52.3 Å². The molecule has 0 heterocycles. The number of carbonyl (C=O) groups excluding carboxylic acids is 4. The first-order valence-electron chi connectivity index (χ1n) is 10.3. The minimum Gasteiger partial charge on any atom is -0.468 e. The maximum Gasteiger partial charge on any atom is 0.324 e. The monoisotopic (exact) mass is 454 g/mol. The molecule has 0 aliphatic heterocycles. The second kappa shape index (κ2) is 9.85. The number of esters is 4. The van der Waals surface area contributed by atoms with Gasteiger partial charge in [0.15, 0.2) is 11.3 Å². The Morgan fingerprint density at radius 3 is 1.48 bits per heavy atom. The van der Waals surface area contributed by atoms with Gasteiger partial charge in [-0.2, -0.15) is 0 Å². The van der Waals surface area contributed by atoms with E-state index in [4.69, 9.17) is 18.9 Å². The normalized spacial score (nSPS) is 20.8. The SMILES string of the molecule is COC(=O)C(C(=O)OC)C1C(c2ccccc2)C(c2ccccc2)C1(C(=O)OC)C(=O)OC. The number of ether oxygens (including phenoxy) is 4. The van der Waals surface area contributed by atoms with Crippen LogP contribution in [0, 0.1) is 17.3 Å². The molecule has 0 amide bonds. The molecule has 3 unspecified atom stereocenters. The van der Waals surface area contributed by atoms with Crippen LogP contribution in [0.1, 0.15) is 23.0 Å². The number of rotatable bonds is 7. The topological polar surface area (TPSA) is 105 Å². The van der Waals surface area contributed by atoms with Crippen molar-refractivity contribution in [1.29, 1.82) is 0 Å². The molecule has 2 aromatic carbocycles. The van der Waals surface area contributed by atoms with E-state index in [0.717, 1.165) is 34.0 Å². The Balaban J connectivity index is 2.37. The highest BCUT2D eigenvalue weighted by molar-refractivity contribution is 6.06. The maximum absolute atomic E-state index is 13.4. The summed E-state index contributed by atoms with van der Waals surface area (Å²) in [5.41, 5.74) is -0.595. The number of hydrogen-bond donors (Lipinski definition) is 0. The van der Waals surface area contributed by atoms with Crippen molar-refractivity contribution in [3.8, 4) is 0 Å². The molecule has 1 aliphatic rings. The van der Waals surface area contributed by atoms with Crippen LogP contribution in [0.5, 0.6) is 0 Å². The molecular weight excluding hydrogens is 428 g/mol. The van der Waals surface area contributed by atoms with Crippen molar-refractivity contribution in [2.24, 2.45) is 17.3 Å². The first-order valence-corrected chi connectivity index (χ1v) is 10.3. The predicted octanol–water partition coefficient (Wildman–Crippen LogP) is 2.48. The summed E-state index contributed by atoms with van der Waals surface area (Å²) in [5, 5.41) is 0. The second-order valence-corrected chi connectivity index (χ2v) is 7.73. The van der Waals surface area contributed by atoms with Gasteiger partial charge in [-0.25, -0.2) is 0 Å². The number of carbonyl (C=O) groups is 4. The fourth-order valence-electron chi connectivity index (χ4n) is 5.13. The van der Waals surface area contributed by atoms with Crippen LogP contribution in [0.25, 0.3) is 0 Å². The van der Waals surface area contributed by atoms with Crippen molar-refractivity contribution in [3.05, 3.63) is 71.8 Å². The number of methoxy groups -OCH3 is 4. The Kier molecular flexibility index (Phi) is 7.16. The van der Waals surface area contributed by atoms with Crippen molar-refractivity contribution in [1.82, 2.24) is 0 Å². The quantitative estimate of drug-likeness (QED) is 0.357. The molecule has 33 heavy (non-hydrogen) atoms. The fraction of sp³-hybridized carbons (Fsp3) is 0.360. The van der Waals surface area contributed by atoms with E-state index in [0.29, 0.717) is 5.56 Å². The number of hydrogen-bond acceptors (Lipinski definition) is 8. The van der Waals surface area contributed by atoms with Crippen LogP contribution in [0.3, 0.4) is 0 Å². The second-order valence-electron chi connectivity index (χ2n) is 7.73. The average Bonchev–Trinajstić information content (AvgIpc) is 2.86. The fourth-order valence-corrected chi connectivity index (χ4v) is 5.13. The summed E-state index contributed by atoms with van der Waals surface area (Å²) in [7, 11) is 4.54. The van der Waals surface area contributed by atoms with Crippen LogP contribution in [0.4, 0.5) is 0 Å². The smallest absolute Gasteiger partial charge is 0.324 e. The van der Waals surface area contributed by atoms with Gasteiger partial charge in [0.1, 0.15) is 0 Å². The molecule has 8 heteroatoms. The third-order valence-corrected chi connectivity index (χ3v) is 6.42. The summed E-state index contributed by atoms with van der Waals surface area (Å²) in [6, 6.07) is 18.0. The summed E-state index contributed by atoms with van der Waals surface area (Å²) in [5.74, 6) is -7.77. The van der Waals surface area contributed by atoms with Gasteiger partial charge in [-0.15, -0.1) is 0 Å². The zero-order valence-electron chi connectivity index (χ0n) is 18.8. The third kappa shape index (κ3) is 3.75. The van der Waals surface area contributed by atoms with E-state index in [-0.39, 0.29) is 0 Å². The lowest BCUT2D eigenvalue weighted by Gasteiger charge is -2.58. The van der Waals surface area contributed by atoms with E-state index in [2.05, 4.69) is 0 Å². The Hall–Kier alpha value is -3.68. The van der Waals surface area contributed by atoms with Crippen LogP contribution in [0.2, 0.25) is 0 Å². The van der Waals surface area contributed by atoms with Gasteiger partial charge in [0.25, 0.3) is 0 Å².